The van der Waals surface area contributed by atoms with E-state index in [0.29, 0.717) is 9.94 Å². The molecule has 0 spiro atoms. The lowest BCUT2D eigenvalue weighted by atomic mass is 10.2. The van der Waals surface area contributed by atoms with Gasteiger partial charge in [-0.05, 0) is 47.9 Å². The van der Waals surface area contributed by atoms with E-state index in [-0.39, 0.29) is 0 Å². The number of para-hydroxylation sites is 1. The zero-order chi connectivity index (χ0) is 16.0. The van der Waals surface area contributed by atoms with Crippen LogP contribution in [0.5, 0.6) is 0 Å². The van der Waals surface area contributed by atoms with Gasteiger partial charge in [0.05, 0.1) is 16.3 Å². The van der Waals surface area contributed by atoms with Crippen LogP contribution in [0.15, 0.2) is 76.0 Å². The third-order valence-electron chi connectivity index (χ3n) is 2.60. The molecule has 0 amide bonds. The summed E-state index contributed by atoms with van der Waals surface area (Å²) >= 11 is 5.54. The fourth-order valence-electron chi connectivity index (χ4n) is 1.57. The van der Waals surface area contributed by atoms with E-state index in [0.717, 1.165) is 17.8 Å². The average Bonchev–Trinajstić information content (AvgIpc) is 2.48. The van der Waals surface area contributed by atoms with Crippen LogP contribution in [-0.2, 0) is 6.18 Å². The van der Waals surface area contributed by atoms with E-state index >= 15 is 0 Å². The largest absolute Gasteiger partial charge is 0.416 e. The zero-order valence-electron chi connectivity index (χ0n) is 11.3. The number of hydrogen-bond acceptors (Lipinski definition) is 2. The van der Waals surface area contributed by atoms with Gasteiger partial charge in [-0.2, -0.15) is 13.2 Å². The third-order valence-corrected chi connectivity index (χ3v) is 3.67. The van der Waals surface area contributed by atoms with Crippen LogP contribution in [0.25, 0.3) is 0 Å². The number of halogens is 3. The summed E-state index contributed by atoms with van der Waals surface area (Å²) in [7, 11) is 0. The molecule has 0 aromatic heterocycles. The average molecular weight is 339 g/mol. The molecule has 0 N–H and O–H groups in total. The molecule has 6 heteroatoms. The fraction of sp³-hybridized carbons (Fsp3) is 0.0625. The molecule has 0 atom stereocenters. The molecule has 0 heterocycles. The van der Waals surface area contributed by atoms with Gasteiger partial charge in [-0.25, -0.2) is 4.99 Å². The molecule has 0 unspecified atom stereocenters. The minimum atomic E-state index is -4.31. The van der Waals surface area contributed by atoms with Gasteiger partial charge in [0.2, 0.25) is 0 Å². The van der Waals surface area contributed by atoms with E-state index in [1.54, 1.807) is 11.5 Å². The van der Waals surface area contributed by atoms with Crippen molar-refractivity contribution < 1.29 is 13.2 Å². The van der Waals surface area contributed by atoms with Crippen LogP contribution in [-0.4, -0.2) is 5.04 Å². The second-order valence-corrected chi connectivity index (χ2v) is 5.69. The maximum atomic E-state index is 12.4. The molecule has 0 aliphatic heterocycles. The molecule has 2 aromatic carbocycles. The number of thioether (sulfide) groups is 1. The van der Waals surface area contributed by atoms with E-state index in [1.807, 2.05) is 30.3 Å². The van der Waals surface area contributed by atoms with E-state index in [4.69, 9.17) is 0 Å². The molecule has 1 nitrogen and oxygen atoms in total. The first-order valence-corrected chi connectivity index (χ1v) is 7.61. The quantitative estimate of drug-likeness (QED) is 0.313. The predicted octanol–water partition coefficient (Wildman–Crippen LogP) is 5.97. The summed E-state index contributed by atoms with van der Waals surface area (Å²) in [4.78, 5) is 4.98. The van der Waals surface area contributed by atoms with Gasteiger partial charge in [-0.1, -0.05) is 30.0 Å². The molecule has 2 rings (SSSR count). The van der Waals surface area contributed by atoms with Gasteiger partial charge in [0.15, 0.2) is 0 Å². The van der Waals surface area contributed by atoms with Crippen LogP contribution in [0.3, 0.4) is 0 Å². The van der Waals surface area contributed by atoms with Crippen molar-refractivity contribution in [3.8, 4) is 0 Å². The third kappa shape index (κ3) is 5.27. The number of aliphatic imine (C=N–C) groups is 1. The Morgan fingerprint density at radius 2 is 1.64 bits per heavy atom. The van der Waals surface area contributed by atoms with Crippen molar-refractivity contribution in [2.75, 3.05) is 0 Å². The van der Waals surface area contributed by atoms with Crippen molar-refractivity contribution >= 4 is 35.1 Å². The summed E-state index contributed by atoms with van der Waals surface area (Å²) < 4.78 is 37.3. The topological polar surface area (TPSA) is 12.4 Å². The van der Waals surface area contributed by atoms with Gasteiger partial charge in [-0.15, -0.1) is 12.6 Å². The lowest BCUT2D eigenvalue weighted by Crippen LogP contribution is -2.03. The zero-order valence-corrected chi connectivity index (χ0v) is 13.0. The van der Waals surface area contributed by atoms with E-state index in [1.165, 1.54) is 23.9 Å². The van der Waals surface area contributed by atoms with Gasteiger partial charge < -0.3 is 0 Å². The SMILES string of the molecule is FC(F)(F)c1ccc(SC=CC(S)=Nc2ccccc2)cc1. The normalized spacial score (nSPS) is 12.8. The van der Waals surface area contributed by atoms with Gasteiger partial charge in [0.25, 0.3) is 0 Å². The van der Waals surface area contributed by atoms with E-state index < -0.39 is 11.7 Å². The van der Waals surface area contributed by atoms with Gasteiger partial charge in [0.1, 0.15) is 0 Å². The van der Waals surface area contributed by atoms with E-state index in [9.17, 15) is 13.2 Å². The molecule has 0 saturated heterocycles. The summed E-state index contributed by atoms with van der Waals surface area (Å²) in [6.45, 7) is 0. The summed E-state index contributed by atoms with van der Waals surface area (Å²) in [5, 5.41) is 2.25. The number of benzene rings is 2. The number of thiol groups is 1. The second-order valence-electron chi connectivity index (χ2n) is 4.25. The highest BCUT2D eigenvalue weighted by atomic mass is 32.2. The molecule has 0 aliphatic rings. The van der Waals surface area contributed by atoms with Crippen molar-refractivity contribution in [3.05, 3.63) is 71.6 Å². The first-order valence-electron chi connectivity index (χ1n) is 6.28. The summed E-state index contributed by atoms with van der Waals surface area (Å²) in [5.74, 6) is 0. The van der Waals surface area contributed by atoms with Crippen LogP contribution >= 0.6 is 24.4 Å². The maximum Gasteiger partial charge on any atom is 0.416 e. The van der Waals surface area contributed by atoms with Crippen LogP contribution < -0.4 is 0 Å². The van der Waals surface area contributed by atoms with E-state index in [2.05, 4.69) is 17.6 Å². The molecule has 0 saturated carbocycles. The maximum absolute atomic E-state index is 12.4. The van der Waals surface area contributed by atoms with Crippen LogP contribution in [0.4, 0.5) is 18.9 Å². The smallest absolute Gasteiger partial charge is 0.242 e. The highest BCUT2D eigenvalue weighted by Gasteiger charge is 2.29. The molecule has 2 aromatic rings. The molecule has 114 valence electrons. The highest BCUT2D eigenvalue weighted by molar-refractivity contribution is 8.02. The summed E-state index contributed by atoms with van der Waals surface area (Å²) in [5.41, 5.74) is 0.137. The standard InChI is InChI=1S/C16H12F3NS2/c17-16(18,19)12-6-8-14(9-7-12)22-11-10-15(21)20-13-4-2-1-3-5-13/h1-11H,(H,20,21). The Labute approximate surface area is 136 Å². The molecule has 22 heavy (non-hydrogen) atoms. The van der Waals surface area contributed by atoms with Crippen molar-refractivity contribution in [3.63, 3.8) is 0 Å². The van der Waals surface area contributed by atoms with Crippen LogP contribution in [0.2, 0.25) is 0 Å². The number of nitrogens with zero attached hydrogens (tertiary/aromatic N) is 1. The Morgan fingerprint density at radius 3 is 2.23 bits per heavy atom. The molecular formula is C16H12F3NS2. The summed E-state index contributed by atoms with van der Waals surface area (Å²) in [6.07, 6.45) is -2.61. The van der Waals surface area contributed by atoms with Crippen molar-refractivity contribution in [1.29, 1.82) is 0 Å². The molecule has 0 fully saturated rings. The molecule has 0 bridgehead atoms. The van der Waals surface area contributed by atoms with Crippen molar-refractivity contribution in [2.24, 2.45) is 4.99 Å². The molecular weight excluding hydrogens is 327 g/mol. The van der Waals surface area contributed by atoms with Gasteiger partial charge in [-0.3, -0.25) is 0 Å². The number of hydrogen-bond donors (Lipinski definition) is 1. The minimum Gasteiger partial charge on any atom is -0.242 e. The minimum absolute atomic E-state index is 0.519. The summed E-state index contributed by atoms with van der Waals surface area (Å²) in [6, 6.07) is 14.4. The Bertz CT molecular complexity index is 662. The van der Waals surface area contributed by atoms with Crippen molar-refractivity contribution in [1.82, 2.24) is 0 Å². The van der Waals surface area contributed by atoms with Gasteiger partial charge in [0, 0.05) is 4.90 Å². The van der Waals surface area contributed by atoms with Crippen molar-refractivity contribution in [2.45, 2.75) is 11.1 Å². The lowest BCUT2D eigenvalue weighted by Gasteiger charge is -2.06. The Morgan fingerprint density at radius 1 is 1.00 bits per heavy atom. The lowest BCUT2D eigenvalue weighted by molar-refractivity contribution is -0.137. The molecule has 0 aliphatic carbocycles. The number of rotatable bonds is 4. The monoisotopic (exact) mass is 339 g/mol. The van der Waals surface area contributed by atoms with Gasteiger partial charge >= 0.3 is 6.18 Å². The first kappa shape index (κ1) is 16.7. The first-order chi connectivity index (χ1) is 10.4. The van der Waals surface area contributed by atoms with Crippen LogP contribution in [0, 0.1) is 0 Å². The molecule has 0 radical (unpaired) electrons. The fourth-order valence-corrected chi connectivity index (χ4v) is 2.51. The van der Waals surface area contributed by atoms with Crippen LogP contribution in [0.1, 0.15) is 5.56 Å². The Hall–Kier alpha value is -1.66. The highest BCUT2D eigenvalue weighted by Crippen LogP contribution is 2.30. The second kappa shape index (κ2) is 7.56. The Balaban J connectivity index is 1.96. The number of alkyl halides is 3. The predicted molar refractivity (Wildman–Crippen MR) is 89.0 cm³/mol. The Kier molecular flexibility index (Phi) is 5.74.